The van der Waals surface area contributed by atoms with Gasteiger partial charge in [0.15, 0.2) is 0 Å². The first kappa shape index (κ1) is 14.3. The second kappa shape index (κ2) is 5.41. The maximum atomic E-state index is 13.0. The summed E-state index contributed by atoms with van der Waals surface area (Å²) in [5.74, 6) is 0. The number of benzene rings is 2. The van der Waals surface area contributed by atoms with Crippen LogP contribution in [-0.2, 0) is 12.0 Å². The van der Waals surface area contributed by atoms with E-state index in [9.17, 15) is 4.79 Å². The lowest BCUT2D eigenvalue weighted by Gasteiger charge is -2.44. The molecule has 2 aromatic carbocycles. The second-order valence-electron chi connectivity index (χ2n) is 6.78. The predicted molar refractivity (Wildman–Crippen MR) is 92.6 cm³/mol. The maximum Gasteiger partial charge on any atom is 0.322 e. The largest absolute Gasteiger partial charge is 0.328 e. The molecule has 0 saturated heterocycles. The lowest BCUT2D eigenvalue weighted by molar-refractivity contribution is 0.180. The van der Waals surface area contributed by atoms with E-state index in [0.717, 1.165) is 24.9 Å². The summed E-state index contributed by atoms with van der Waals surface area (Å²) < 4.78 is 0. The Hall–Kier alpha value is -2.29. The number of fused-ring (bicyclic) bond motifs is 1. The van der Waals surface area contributed by atoms with Crippen molar-refractivity contribution in [2.24, 2.45) is 0 Å². The van der Waals surface area contributed by atoms with Gasteiger partial charge < -0.3 is 5.32 Å². The molecule has 0 spiro atoms. The Morgan fingerprint density at radius 2 is 1.78 bits per heavy atom. The Labute approximate surface area is 137 Å². The van der Waals surface area contributed by atoms with Crippen molar-refractivity contribution in [3.63, 3.8) is 0 Å². The molecule has 3 nitrogen and oxygen atoms in total. The van der Waals surface area contributed by atoms with Crippen molar-refractivity contribution in [2.75, 3.05) is 4.90 Å². The average molecular weight is 306 g/mol. The number of hydrogen-bond donors (Lipinski definition) is 1. The van der Waals surface area contributed by atoms with Gasteiger partial charge in [0.2, 0.25) is 0 Å². The molecular weight excluding hydrogens is 284 g/mol. The van der Waals surface area contributed by atoms with E-state index in [-0.39, 0.29) is 17.6 Å². The van der Waals surface area contributed by atoms with Crippen LogP contribution in [0, 0.1) is 0 Å². The van der Waals surface area contributed by atoms with Crippen LogP contribution >= 0.6 is 0 Å². The van der Waals surface area contributed by atoms with Gasteiger partial charge >= 0.3 is 6.03 Å². The summed E-state index contributed by atoms with van der Waals surface area (Å²) in [6, 6.07) is 18.8. The van der Waals surface area contributed by atoms with E-state index in [1.54, 1.807) is 0 Å². The van der Waals surface area contributed by atoms with Crippen molar-refractivity contribution < 1.29 is 4.79 Å². The van der Waals surface area contributed by atoms with Crippen molar-refractivity contribution in [3.05, 3.63) is 65.7 Å². The van der Waals surface area contributed by atoms with Crippen LogP contribution < -0.4 is 10.2 Å². The van der Waals surface area contributed by atoms with E-state index in [1.807, 2.05) is 29.2 Å². The van der Waals surface area contributed by atoms with Gasteiger partial charge in [-0.2, -0.15) is 0 Å². The third-order valence-electron chi connectivity index (χ3n) is 5.31. The number of para-hydroxylation sites is 1. The maximum absolute atomic E-state index is 13.0. The first-order chi connectivity index (χ1) is 11.2. The van der Waals surface area contributed by atoms with Crippen LogP contribution in [0.1, 0.15) is 37.3 Å². The highest BCUT2D eigenvalue weighted by atomic mass is 16.2. The predicted octanol–water partition coefficient (Wildman–Crippen LogP) is 4.23. The van der Waals surface area contributed by atoms with Gasteiger partial charge in [-0.1, -0.05) is 48.5 Å². The van der Waals surface area contributed by atoms with Crippen molar-refractivity contribution in [3.8, 4) is 0 Å². The van der Waals surface area contributed by atoms with Gasteiger partial charge in [0.1, 0.15) is 0 Å². The molecule has 4 rings (SSSR count). The SMILES string of the molecule is CC1Cc2ccccc2N1C(=O)NC1(c2ccccc2)CCC1. The molecule has 1 saturated carbocycles. The first-order valence-electron chi connectivity index (χ1n) is 8.44. The van der Waals surface area contributed by atoms with Crippen LogP contribution in [0.2, 0.25) is 0 Å². The summed E-state index contributed by atoms with van der Waals surface area (Å²) in [5.41, 5.74) is 3.35. The standard InChI is InChI=1S/C20H22N2O/c1-15-14-16-8-5-6-11-18(16)22(15)19(23)21-20(12-7-13-20)17-9-3-2-4-10-17/h2-6,8-11,15H,7,12-14H2,1H3,(H,21,23). The third-order valence-corrected chi connectivity index (χ3v) is 5.31. The van der Waals surface area contributed by atoms with Crippen LogP contribution in [0.15, 0.2) is 54.6 Å². The van der Waals surface area contributed by atoms with Crippen molar-refractivity contribution in [2.45, 2.75) is 44.2 Å². The van der Waals surface area contributed by atoms with E-state index in [2.05, 4.69) is 42.6 Å². The summed E-state index contributed by atoms with van der Waals surface area (Å²) >= 11 is 0. The van der Waals surface area contributed by atoms with Gasteiger partial charge in [-0.15, -0.1) is 0 Å². The highest BCUT2D eigenvalue weighted by Crippen LogP contribution is 2.42. The highest BCUT2D eigenvalue weighted by molar-refractivity contribution is 5.95. The topological polar surface area (TPSA) is 32.3 Å². The molecule has 1 unspecified atom stereocenters. The molecule has 2 aliphatic rings. The van der Waals surface area contributed by atoms with Gasteiger partial charge in [-0.3, -0.25) is 4.90 Å². The van der Waals surface area contributed by atoms with Crippen molar-refractivity contribution in [1.29, 1.82) is 0 Å². The molecule has 2 aromatic rings. The van der Waals surface area contributed by atoms with Crippen LogP contribution in [0.3, 0.4) is 0 Å². The lowest BCUT2D eigenvalue weighted by Crippen LogP contribution is -2.56. The second-order valence-corrected chi connectivity index (χ2v) is 6.78. The normalized spacial score (nSPS) is 21.4. The first-order valence-corrected chi connectivity index (χ1v) is 8.44. The van der Waals surface area contributed by atoms with E-state index >= 15 is 0 Å². The minimum Gasteiger partial charge on any atom is -0.328 e. The van der Waals surface area contributed by atoms with Gasteiger partial charge in [0.05, 0.1) is 5.54 Å². The summed E-state index contributed by atoms with van der Waals surface area (Å²) in [5, 5.41) is 3.35. The number of nitrogens with zero attached hydrogens (tertiary/aromatic N) is 1. The molecule has 1 N–H and O–H groups in total. The third kappa shape index (κ3) is 2.31. The summed E-state index contributed by atoms with van der Waals surface area (Å²) in [7, 11) is 0. The quantitative estimate of drug-likeness (QED) is 0.885. The molecule has 23 heavy (non-hydrogen) atoms. The Kier molecular flexibility index (Phi) is 3.37. The molecule has 2 amide bonds. The van der Waals surface area contributed by atoms with Crippen LogP contribution in [-0.4, -0.2) is 12.1 Å². The zero-order valence-corrected chi connectivity index (χ0v) is 13.5. The number of hydrogen-bond acceptors (Lipinski definition) is 1. The van der Waals surface area contributed by atoms with Gasteiger partial charge in [0.25, 0.3) is 0 Å². The minimum absolute atomic E-state index is 0.0333. The molecular formula is C20H22N2O. The summed E-state index contributed by atoms with van der Waals surface area (Å²) in [4.78, 5) is 14.9. The highest BCUT2D eigenvalue weighted by Gasteiger charge is 2.42. The monoisotopic (exact) mass is 306 g/mol. The zero-order valence-electron chi connectivity index (χ0n) is 13.5. The Balaban J connectivity index is 1.61. The molecule has 118 valence electrons. The van der Waals surface area contributed by atoms with Crippen LogP contribution in [0.4, 0.5) is 10.5 Å². The number of amides is 2. The zero-order chi connectivity index (χ0) is 15.9. The van der Waals surface area contributed by atoms with Crippen LogP contribution in [0.25, 0.3) is 0 Å². The molecule has 0 radical (unpaired) electrons. The Morgan fingerprint density at radius 3 is 2.48 bits per heavy atom. The Bertz CT molecular complexity index is 721. The molecule has 1 fully saturated rings. The number of anilines is 1. The fourth-order valence-corrected chi connectivity index (χ4v) is 3.91. The molecule has 1 atom stereocenters. The van der Waals surface area contributed by atoms with Crippen molar-refractivity contribution in [1.82, 2.24) is 5.32 Å². The summed E-state index contributed by atoms with van der Waals surface area (Å²) in [6.45, 7) is 2.12. The minimum atomic E-state index is -0.185. The van der Waals surface area contributed by atoms with Crippen LogP contribution in [0.5, 0.6) is 0 Å². The van der Waals surface area contributed by atoms with E-state index in [0.29, 0.717) is 0 Å². The smallest absolute Gasteiger partial charge is 0.322 e. The number of urea groups is 1. The Morgan fingerprint density at radius 1 is 1.09 bits per heavy atom. The molecule has 0 aromatic heterocycles. The lowest BCUT2D eigenvalue weighted by atomic mass is 9.72. The van der Waals surface area contributed by atoms with E-state index in [4.69, 9.17) is 0 Å². The fourth-order valence-electron chi connectivity index (χ4n) is 3.91. The van der Waals surface area contributed by atoms with Gasteiger partial charge in [-0.25, -0.2) is 4.79 Å². The molecule has 1 heterocycles. The van der Waals surface area contributed by atoms with E-state index < -0.39 is 0 Å². The van der Waals surface area contributed by atoms with Crippen molar-refractivity contribution >= 4 is 11.7 Å². The number of nitrogens with one attached hydrogen (secondary N) is 1. The van der Waals surface area contributed by atoms with E-state index in [1.165, 1.54) is 17.5 Å². The number of rotatable bonds is 2. The molecule has 1 aliphatic carbocycles. The molecule has 3 heteroatoms. The van der Waals surface area contributed by atoms with Gasteiger partial charge in [-0.05, 0) is 49.8 Å². The fraction of sp³-hybridized carbons (Fsp3) is 0.350. The molecule has 0 bridgehead atoms. The number of carbonyl (C=O) groups excluding carboxylic acids is 1. The average Bonchev–Trinajstić information content (AvgIpc) is 2.87. The van der Waals surface area contributed by atoms with Gasteiger partial charge in [0, 0.05) is 11.7 Å². The number of carbonyl (C=O) groups is 1. The summed E-state index contributed by atoms with van der Waals surface area (Å²) in [6.07, 6.45) is 4.14. The molecule has 1 aliphatic heterocycles.